The molecule has 0 saturated carbocycles. The van der Waals surface area contributed by atoms with Gasteiger partial charge in [0.15, 0.2) is 0 Å². The topological polar surface area (TPSA) is 61.4 Å². The molecule has 1 amide bonds. The second-order valence-corrected chi connectivity index (χ2v) is 5.66. The molecule has 1 aromatic rings. The van der Waals surface area contributed by atoms with Gasteiger partial charge in [0.05, 0.1) is 5.92 Å². The summed E-state index contributed by atoms with van der Waals surface area (Å²) in [4.78, 5) is 12.1. The zero-order valence-corrected chi connectivity index (χ0v) is 12.1. The van der Waals surface area contributed by atoms with E-state index in [1.807, 2.05) is 19.1 Å². The Morgan fingerprint density at radius 3 is 3.10 bits per heavy atom. The van der Waals surface area contributed by atoms with E-state index in [4.69, 9.17) is 5.11 Å². The Hall–Kier alpha value is -1.55. The molecule has 0 saturated heterocycles. The largest absolute Gasteiger partial charge is 0.396 e. The number of anilines is 1. The highest BCUT2D eigenvalue weighted by molar-refractivity contribution is 5.80. The van der Waals surface area contributed by atoms with Crippen molar-refractivity contribution in [2.75, 3.05) is 25.0 Å². The van der Waals surface area contributed by atoms with Crippen molar-refractivity contribution in [1.29, 1.82) is 0 Å². The number of hydrogen-bond donors (Lipinski definition) is 3. The molecule has 0 fully saturated rings. The van der Waals surface area contributed by atoms with Crippen molar-refractivity contribution in [2.45, 2.75) is 26.2 Å². The van der Waals surface area contributed by atoms with Gasteiger partial charge in [-0.25, -0.2) is 0 Å². The van der Waals surface area contributed by atoms with Gasteiger partial charge >= 0.3 is 0 Å². The van der Waals surface area contributed by atoms with Crippen LogP contribution in [-0.4, -0.2) is 30.7 Å². The lowest BCUT2D eigenvalue weighted by molar-refractivity contribution is -0.124. The lowest BCUT2D eigenvalue weighted by Gasteiger charge is -2.25. The number of amides is 1. The third-order valence-corrected chi connectivity index (χ3v) is 3.88. The smallest absolute Gasteiger partial charge is 0.225 e. The van der Waals surface area contributed by atoms with Crippen LogP contribution < -0.4 is 10.6 Å². The molecular formula is C16H24N2O2. The molecule has 0 spiro atoms. The zero-order chi connectivity index (χ0) is 14.4. The third kappa shape index (κ3) is 3.97. The van der Waals surface area contributed by atoms with Crippen molar-refractivity contribution < 1.29 is 9.90 Å². The van der Waals surface area contributed by atoms with E-state index in [2.05, 4.69) is 22.8 Å². The number of carbonyl (C=O) groups excluding carboxylic acids is 1. The average molecular weight is 276 g/mol. The minimum absolute atomic E-state index is 0.0140. The van der Waals surface area contributed by atoms with E-state index in [1.165, 1.54) is 5.56 Å². The Balaban J connectivity index is 1.74. The molecule has 2 unspecified atom stereocenters. The Labute approximate surface area is 120 Å². The van der Waals surface area contributed by atoms with Crippen LogP contribution in [0.1, 0.15) is 25.3 Å². The highest BCUT2D eigenvalue weighted by Crippen LogP contribution is 2.24. The molecular weight excluding hydrogens is 252 g/mol. The van der Waals surface area contributed by atoms with Crippen LogP contribution in [-0.2, 0) is 11.2 Å². The first-order valence-corrected chi connectivity index (χ1v) is 7.41. The number of rotatable bonds is 6. The standard InChI is InChI=1S/C16H24N2O2/c1-12(11-19)5-4-8-17-16(20)14-9-13-6-2-3-7-15(13)18-10-14/h2-3,6-7,12,14,18-19H,4-5,8-11H2,1H3,(H,17,20). The summed E-state index contributed by atoms with van der Waals surface area (Å²) in [5, 5.41) is 15.3. The van der Waals surface area contributed by atoms with Gasteiger partial charge < -0.3 is 15.7 Å². The molecule has 4 nitrogen and oxygen atoms in total. The van der Waals surface area contributed by atoms with E-state index in [0.29, 0.717) is 19.0 Å². The second kappa shape index (κ2) is 7.29. The van der Waals surface area contributed by atoms with Crippen LogP contribution in [0.4, 0.5) is 5.69 Å². The molecule has 110 valence electrons. The Morgan fingerprint density at radius 1 is 1.50 bits per heavy atom. The maximum atomic E-state index is 12.1. The summed E-state index contributed by atoms with van der Waals surface area (Å²) in [6.07, 6.45) is 2.68. The van der Waals surface area contributed by atoms with Crippen LogP contribution in [0.2, 0.25) is 0 Å². The molecule has 1 heterocycles. The number of carbonyl (C=O) groups is 1. The third-order valence-electron chi connectivity index (χ3n) is 3.88. The molecule has 2 rings (SSSR count). The lowest BCUT2D eigenvalue weighted by atomic mass is 9.93. The molecule has 0 aliphatic carbocycles. The van der Waals surface area contributed by atoms with Crippen LogP contribution in [0.5, 0.6) is 0 Å². The predicted octanol–water partition coefficient (Wildman–Crippen LogP) is 1.80. The van der Waals surface area contributed by atoms with Gasteiger partial charge in [0.1, 0.15) is 0 Å². The Kier molecular flexibility index (Phi) is 5.41. The SMILES string of the molecule is CC(CO)CCCNC(=O)C1CNc2ccccc2C1. The number of aliphatic hydroxyl groups is 1. The minimum Gasteiger partial charge on any atom is -0.396 e. The first kappa shape index (κ1) is 14.9. The molecule has 1 aliphatic heterocycles. The first-order valence-electron chi connectivity index (χ1n) is 7.41. The van der Waals surface area contributed by atoms with Crippen LogP contribution in [0, 0.1) is 11.8 Å². The van der Waals surface area contributed by atoms with Crippen LogP contribution in [0.15, 0.2) is 24.3 Å². The number of aliphatic hydroxyl groups excluding tert-OH is 1. The highest BCUT2D eigenvalue weighted by atomic mass is 16.3. The molecule has 1 aromatic carbocycles. The molecule has 2 atom stereocenters. The van der Waals surface area contributed by atoms with E-state index >= 15 is 0 Å². The number of para-hydroxylation sites is 1. The second-order valence-electron chi connectivity index (χ2n) is 5.66. The summed E-state index contributed by atoms with van der Waals surface area (Å²) >= 11 is 0. The molecule has 1 aliphatic rings. The van der Waals surface area contributed by atoms with E-state index in [1.54, 1.807) is 0 Å². The summed E-state index contributed by atoms with van der Waals surface area (Å²) in [5.74, 6) is 0.457. The van der Waals surface area contributed by atoms with Crippen molar-refractivity contribution in [2.24, 2.45) is 11.8 Å². The summed E-state index contributed by atoms with van der Waals surface area (Å²) in [5.41, 5.74) is 2.36. The predicted molar refractivity (Wildman–Crippen MR) is 80.6 cm³/mol. The summed E-state index contributed by atoms with van der Waals surface area (Å²) < 4.78 is 0. The van der Waals surface area contributed by atoms with Gasteiger partial charge in [-0.05, 0) is 36.8 Å². The fourth-order valence-corrected chi connectivity index (χ4v) is 2.52. The monoisotopic (exact) mass is 276 g/mol. The van der Waals surface area contributed by atoms with Gasteiger partial charge in [0.2, 0.25) is 5.91 Å². The highest BCUT2D eigenvalue weighted by Gasteiger charge is 2.23. The lowest BCUT2D eigenvalue weighted by Crippen LogP contribution is -2.38. The van der Waals surface area contributed by atoms with Gasteiger partial charge in [-0.1, -0.05) is 25.1 Å². The van der Waals surface area contributed by atoms with E-state index in [-0.39, 0.29) is 18.4 Å². The van der Waals surface area contributed by atoms with E-state index in [0.717, 1.165) is 24.9 Å². The molecule has 20 heavy (non-hydrogen) atoms. The van der Waals surface area contributed by atoms with Crippen LogP contribution in [0.25, 0.3) is 0 Å². The minimum atomic E-state index is 0.0140. The molecule has 4 heteroatoms. The van der Waals surface area contributed by atoms with Crippen molar-refractivity contribution >= 4 is 11.6 Å². The first-order chi connectivity index (χ1) is 9.70. The fraction of sp³-hybridized carbons (Fsp3) is 0.562. The van der Waals surface area contributed by atoms with Crippen LogP contribution >= 0.6 is 0 Å². The maximum absolute atomic E-state index is 12.1. The molecule has 0 radical (unpaired) electrons. The van der Waals surface area contributed by atoms with Crippen molar-refractivity contribution in [3.05, 3.63) is 29.8 Å². The maximum Gasteiger partial charge on any atom is 0.225 e. The molecule has 0 bridgehead atoms. The quantitative estimate of drug-likeness (QED) is 0.694. The van der Waals surface area contributed by atoms with Gasteiger partial charge in [0, 0.05) is 25.4 Å². The number of benzene rings is 1. The average Bonchev–Trinajstić information content (AvgIpc) is 2.50. The number of nitrogens with one attached hydrogen (secondary N) is 2. The van der Waals surface area contributed by atoms with E-state index < -0.39 is 0 Å². The van der Waals surface area contributed by atoms with Crippen molar-refractivity contribution in [3.63, 3.8) is 0 Å². The fourth-order valence-electron chi connectivity index (χ4n) is 2.52. The van der Waals surface area contributed by atoms with Gasteiger partial charge in [0.25, 0.3) is 0 Å². The Bertz CT molecular complexity index is 448. The molecule has 3 N–H and O–H groups in total. The van der Waals surface area contributed by atoms with Crippen molar-refractivity contribution in [1.82, 2.24) is 5.32 Å². The van der Waals surface area contributed by atoms with Gasteiger partial charge in [-0.3, -0.25) is 4.79 Å². The Morgan fingerprint density at radius 2 is 2.30 bits per heavy atom. The summed E-state index contributed by atoms with van der Waals surface area (Å²) in [7, 11) is 0. The normalized spacial score (nSPS) is 18.8. The summed E-state index contributed by atoms with van der Waals surface area (Å²) in [6, 6.07) is 8.15. The van der Waals surface area contributed by atoms with E-state index in [9.17, 15) is 4.79 Å². The van der Waals surface area contributed by atoms with Gasteiger partial charge in [-0.2, -0.15) is 0 Å². The number of hydrogen-bond acceptors (Lipinski definition) is 3. The number of fused-ring (bicyclic) bond motifs is 1. The van der Waals surface area contributed by atoms with Crippen molar-refractivity contribution in [3.8, 4) is 0 Å². The summed E-state index contributed by atoms with van der Waals surface area (Å²) in [6.45, 7) is 3.64. The van der Waals surface area contributed by atoms with Gasteiger partial charge in [-0.15, -0.1) is 0 Å². The molecule has 0 aromatic heterocycles. The zero-order valence-electron chi connectivity index (χ0n) is 12.1. The van der Waals surface area contributed by atoms with Crippen LogP contribution in [0.3, 0.4) is 0 Å².